The number of anilines is 1. The van der Waals surface area contributed by atoms with Crippen LogP contribution in [0, 0.1) is 0 Å². The van der Waals surface area contributed by atoms with Crippen LogP contribution in [0.5, 0.6) is 0 Å². The summed E-state index contributed by atoms with van der Waals surface area (Å²) in [4.78, 5) is 35.9. The lowest BCUT2D eigenvalue weighted by Gasteiger charge is -2.36. The summed E-state index contributed by atoms with van der Waals surface area (Å²) >= 11 is 1.41. The molecule has 1 aliphatic heterocycles. The second-order valence-corrected chi connectivity index (χ2v) is 10.6. The van der Waals surface area contributed by atoms with Crippen LogP contribution in [0.3, 0.4) is 0 Å². The minimum Gasteiger partial charge on any atom is -0.478 e. The summed E-state index contributed by atoms with van der Waals surface area (Å²) in [7, 11) is 0. The number of amides is 2. The molecule has 41 heavy (non-hydrogen) atoms. The number of rotatable bonds is 12. The third-order valence-corrected chi connectivity index (χ3v) is 7.74. The van der Waals surface area contributed by atoms with E-state index in [4.69, 9.17) is 14.7 Å². The van der Waals surface area contributed by atoms with Gasteiger partial charge in [0.25, 0.3) is 0 Å². The summed E-state index contributed by atoms with van der Waals surface area (Å²) < 4.78 is 12.7. The fraction of sp³-hybridized carbons (Fsp3) is 0.300. The number of carboxylic acid groups (broad SMARTS) is 1. The Labute approximate surface area is 241 Å². The molecule has 3 atom stereocenters. The molecule has 10 nitrogen and oxygen atoms in total. The van der Waals surface area contributed by atoms with Crippen molar-refractivity contribution in [3.63, 3.8) is 0 Å². The third kappa shape index (κ3) is 8.62. The Bertz CT molecular complexity index is 1350. The molecule has 0 saturated carbocycles. The number of nitrogens with one attached hydrogen (secondary N) is 2. The van der Waals surface area contributed by atoms with Gasteiger partial charge in [-0.25, -0.2) is 10.3 Å². The van der Waals surface area contributed by atoms with Gasteiger partial charge in [0.2, 0.25) is 11.8 Å². The lowest BCUT2D eigenvalue weighted by molar-refractivity contribution is -0.245. The van der Waals surface area contributed by atoms with Gasteiger partial charge in [0.1, 0.15) is 0 Å². The highest BCUT2D eigenvalue weighted by atomic mass is 32.2. The van der Waals surface area contributed by atoms with Crippen LogP contribution in [0.2, 0.25) is 0 Å². The van der Waals surface area contributed by atoms with Crippen molar-refractivity contribution >= 4 is 35.2 Å². The molecule has 2 amide bonds. The monoisotopic (exact) mass is 580 g/mol. The summed E-state index contributed by atoms with van der Waals surface area (Å²) in [5, 5.41) is 30.4. The Balaban J connectivity index is 1.49. The van der Waals surface area contributed by atoms with Gasteiger partial charge in [0, 0.05) is 41.2 Å². The van der Waals surface area contributed by atoms with E-state index in [0.717, 1.165) is 11.1 Å². The number of hydrogen-bond donors (Lipinski definition) is 5. The van der Waals surface area contributed by atoms with E-state index in [-0.39, 0.29) is 49.5 Å². The number of aromatic carboxylic acids is 1. The number of benzene rings is 3. The van der Waals surface area contributed by atoms with Crippen LogP contribution in [0.25, 0.3) is 0 Å². The summed E-state index contributed by atoms with van der Waals surface area (Å²) in [5.41, 5.74) is 4.73. The number of carboxylic acids is 1. The molecule has 0 radical (unpaired) electrons. The van der Waals surface area contributed by atoms with E-state index in [1.807, 2.05) is 30.3 Å². The second-order valence-electron chi connectivity index (χ2n) is 9.52. The maximum atomic E-state index is 12.4. The first-order valence-corrected chi connectivity index (χ1v) is 14.1. The van der Waals surface area contributed by atoms with Gasteiger partial charge in [-0.2, -0.15) is 0 Å². The number of thioether (sulfide) groups is 1. The minimum absolute atomic E-state index is 0.0325. The Morgan fingerprint density at radius 2 is 1.66 bits per heavy atom. The molecule has 0 aromatic heterocycles. The first-order valence-electron chi connectivity index (χ1n) is 13.1. The van der Waals surface area contributed by atoms with Crippen molar-refractivity contribution in [2.45, 2.75) is 55.7 Å². The highest BCUT2D eigenvalue weighted by Crippen LogP contribution is 2.40. The van der Waals surface area contributed by atoms with E-state index in [9.17, 15) is 24.6 Å². The van der Waals surface area contributed by atoms with Gasteiger partial charge in [0.15, 0.2) is 6.29 Å². The molecular weight excluding hydrogens is 548 g/mol. The van der Waals surface area contributed by atoms with Crippen molar-refractivity contribution in [3.05, 3.63) is 95.1 Å². The number of hydrogen-bond acceptors (Lipinski definition) is 8. The Kier molecular flexibility index (Phi) is 10.9. The lowest BCUT2D eigenvalue weighted by Crippen LogP contribution is -2.31. The summed E-state index contributed by atoms with van der Waals surface area (Å²) in [6, 6.07) is 21.5. The zero-order chi connectivity index (χ0) is 29.2. The molecule has 0 spiro atoms. The predicted octanol–water partition coefficient (Wildman–Crippen LogP) is 4.83. The second kappa shape index (κ2) is 14.8. The highest BCUT2D eigenvalue weighted by Gasteiger charge is 2.32. The number of aliphatic hydroxyl groups excluding tert-OH is 1. The Hall–Kier alpha value is -3.74. The van der Waals surface area contributed by atoms with E-state index in [0.29, 0.717) is 28.3 Å². The molecule has 1 aliphatic rings. The smallest absolute Gasteiger partial charge is 0.336 e. The largest absolute Gasteiger partial charge is 0.478 e. The predicted molar refractivity (Wildman–Crippen MR) is 151 cm³/mol. The van der Waals surface area contributed by atoms with E-state index in [1.165, 1.54) is 11.8 Å². The van der Waals surface area contributed by atoms with E-state index < -0.39 is 18.2 Å². The number of carbonyl (C=O) groups is 3. The van der Waals surface area contributed by atoms with Crippen LogP contribution >= 0.6 is 11.8 Å². The van der Waals surface area contributed by atoms with Crippen molar-refractivity contribution in [1.82, 2.24) is 5.48 Å². The van der Waals surface area contributed by atoms with Crippen LogP contribution < -0.4 is 10.8 Å². The number of hydroxylamine groups is 1. The number of ether oxygens (including phenoxy) is 2. The van der Waals surface area contributed by atoms with Gasteiger partial charge in [-0.3, -0.25) is 14.8 Å². The molecule has 0 aliphatic carbocycles. The molecule has 3 aromatic rings. The average Bonchev–Trinajstić information content (AvgIpc) is 3.00. The molecule has 5 N–H and O–H groups in total. The molecule has 1 saturated heterocycles. The van der Waals surface area contributed by atoms with Gasteiger partial charge in [-0.05, 0) is 41.8 Å². The summed E-state index contributed by atoms with van der Waals surface area (Å²) in [6.45, 7) is -0.0626. The minimum atomic E-state index is -0.990. The van der Waals surface area contributed by atoms with Crippen molar-refractivity contribution < 1.29 is 39.3 Å². The van der Waals surface area contributed by atoms with Gasteiger partial charge in [-0.1, -0.05) is 48.5 Å². The molecule has 3 aromatic carbocycles. The topological polar surface area (TPSA) is 154 Å². The lowest BCUT2D eigenvalue weighted by atomic mass is 10.0. The maximum absolute atomic E-state index is 12.4. The first-order chi connectivity index (χ1) is 19.9. The van der Waals surface area contributed by atoms with E-state index in [1.54, 1.807) is 47.9 Å². The Morgan fingerprint density at radius 3 is 2.39 bits per heavy atom. The molecule has 216 valence electrons. The molecule has 1 fully saturated rings. The SMILES string of the molecule is O=C(CCCC(=O)Nc1cccc([C@H]2O[C@@H](CSc3ccccc3C(=O)O)C[C@@H](c3ccc(CO)cc3)O2)c1)NO. The fourth-order valence-corrected chi connectivity index (χ4v) is 5.49. The van der Waals surface area contributed by atoms with Gasteiger partial charge < -0.3 is 25.0 Å². The van der Waals surface area contributed by atoms with Gasteiger partial charge >= 0.3 is 5.97 Å². The average molecular weight is 581 g/mol. The number of carbonyl (C=O) groups excluding carboxylic acids is 2. The van der Waals surface area contributed by atoms with Gasteiger partial charge in [0.05, 0.1) is 24.4 Å². The van der Waals surface area contributed by atoms with Crippen molar-refractivity contribution in [1.29, 1.82) is 0 Å². The van der Waals surface area contributed by atoms with Crippen LogP contribution in [-0.2, 0) is 25.7 Å². The molecular formula is C30H32N2O8S. The van der Waals surface area contributed by atoms with Crippen molar-refractivity contribution in [2.24, 2.45) is 0 Å². The van der Waals surface area contributed by atoms with Crippen LogP contribution in [0.15, 0.2) is 77.7 Å². The molecule has 1 heterocycles. The zero-order valence-electron chi connectivity index (χ0n) is 22.2. The number of aliphatic hydroxyl groups is 1. The molecule has 4 rings (SSSR count). The van der Waals surface area contributed by atoms with Crippen LogP contribution in [0.4, 0.5) is 5.69 Å². The quantitative estimate of drug-likeness (QED) is 0.115. The first kappa shape index (κ1) is 30.2. The molecule has 0 unspecified atom stereocenters. The van der Waals surface area contributed by atoms with Crippen LogP contribution in [-0.4, -0.2) is 45.1 Å². The molecule has 0 bridgehead atoms. The van der Waals surface area contributed by atoms with Crippen molar-refractivity contribution in [3.8, 4) is 0 Å². The van der Waals surface area contributed by atoms with Crippen molar-refractivity contribution in [2.75, 3.05) is 11.1 Å². The summed E-state index contributed by atoms with van der Waals surface area (Å²) in [6.07, 6.45) is -0.390. The van der Waals surface area contributed by atoms with E-state index in [2.05, 4.69) is 5.32 Å². The fourth-order valence-electron chi connectivity index (χ4n) is 4.43. The Morgan fingerprint density at radius 1 is 0.902 bits per heavy atom. The van der Waals surface area contributed by atoms with E-state index >= 15 is 0 Å². The van der Waals surface area contributed by atoms with Crippen LogP contribution in [0.1, 0.15) is 65.1 Å². The van der Waals surface area contributed by atoms with Gasteiger partial charge in [-0.15, -0.1) is 11.8 Å². The maximum Gasteiger partial charge on any atom is 0.336 e. The highest BCUT2D eigenvalue weighted by molar-refractivity contribution is 7.99. The normalized spacial score (nSPS) is 18.4. The zero-order valence-corrected chi connectivity index (χ0v) is 23.0. The molecule has 11 heteroatoms. The third-order valence-electron chi connectivity index (χ3n) is 6.53. The standard InChI is InChI=1S/C30H32N2O8S/c33-17-19-11-13-20(14-12-19)25-16-23(18-41-26-8-2-1-7-24(26)29(36)37)39-30(40-25)21-5-3-6-22(15-21)31-27(34)9-4-10-28(35)32-38/h1-3,5-8,11-15,23,25,30,33,38H,4,9-10,16-18H2,(H,31,34)(H,32,35)(H,36,37)/t23-,25+,30+/m1/s1. The summed E-state index contributed by atoms with van der Waals surface area (Å²) in [5.74, 6) is -1.32.